The van der Waals surface area contributed by atoms with E-state index in [0.717, 1.165) is 78.3 Å². The number of pyridine rings is 2. The van der Waals surface area contributed by atoms with Crippen LogP contribution in [0.2, 0.25) is 0 Å². The monoisotopic (exact) mass is 783 g/mol. The van der Waals surface area contributed by atoms with Crippen LogP contribution in [0, 0.1) is 0 Å². The topological polar surface area (TPSA) is 76.5 Å². The lowest BCUT2D eigenvalue weighted by atomic mass is 9.67. The summed E-state index contributed by atoms with van der Waals surface area (Å²) in [6, 6.07) is 75.8. The molecule has 5 nitrogen and oxygen atoms in total. The van der Waals surface area contributed by atoms with Gasteiger partial charge in [-0.1, -0.05) is 200 Å². The molecule has 0 aliphatic heterocycles. The predicted octanol–water partition coefficient (Wildman–Crippen LogP) is 12.2. The minimum atomic E-state index is -0.649. The standard InChI is InChI=1S/C56H41N5/c57-54(61-55(44-22-11-4-12-23-44)59-38-39-16-5-1-6-17-39)43-29-33-47(34-30-43)56(49-25-14-13-24-48(49)53-50(56)26-15-35-58-53)46-31-27-42(28-32-46)52-37-45(40-18-7-2-8-19-40)36-51(60-52)41-20-9-3-10-21-41/h1-37H,38H2,(H2,57,59,61). The third-order valence-corrected chi connectivity index (χ3v) is 11.5. The summed E-state index contributed by atoms with van der Waals surface area (Å²) < 4.78 is 0. The van der Waals surface area contributed by atoms with Gasteiger partial charge < -0.3 is 5.73 Å². The second kappa shape index (κ2) is 16.3. The van der Waals surface area contributed by atoms with Crippen LogP contribution in [0.15, 0.2) is 235 Å². The van der Waals surface area contributed by atoms with Gasteiger partial charge in [-0.2, -0.15) is 0 Å². The van der Waals surface area contributed by atoms with Crippen LogP contribution in [0.25, 0.3) is 44.9 Å². The van der Waals surface area contributed by atoms with Crippen LogP contribution in [0.1, 0.15) is 38.9 Å². The number of hydrogen-bond acceptors (Lipinski definition) is 3. The number of hydrogen-bond donors (Lipinski definition) is 1. The Bertz CT molecular complexity index is 2910. The highest BCUT2D eigenvalue weighted by Gasteiger charge is 2.46. The van der Waals surface area contributed by atoms with E-state index in [1.165, 1.54) is 5.56 Å². The van der Waals surface area contributed by atoms with E-state index >= 15 is 0 Å². The Morgan fingerprint density at radius 1 is 0.475 bits per heavy atom. The number of aromatic nitrogens is 2. The molecule has 0 bridgehead atoms. The van der Waals surface area contributed by atoms with Crippen molar-refractivity contribution in [3.8, 4) is 44.9 Å². The van der Waals surface area contributed by atoms with Crippen LogP contribution in [-0.4, -0.2) is 21.6 Å². The molecule has 5 heteroatoms. The van der Waals surface area contributed by atoms with Crippen LogP contribution < -0.4 is 5.73 Å². The molecule has 2 aromatic heterocycles. The maximum atomic E-state index is 6.82. The van der Waals surface area contributed by atoms with Gasteiger partial charge in [0, 0.05) is 34.0 Å². The van der Waals surface area contributed by atoms with Crippen molar-refractivity contribution < 1.29 is 0 Å². The van der Waals surface area contributed by atoms with Crippen LogP contribution in [0.5, 0.6) is 0 Å². The van der Waals surface area contributed by atoms with Crippen molar-refractivity contribution in [2.75, 3.05) is 0 Å². The van der Waals surface area contributed by atoms with Gasteiger partial charge in [0.15, 0.2) is 5.84 Å². The van der Waals surface area contributed by atoms with E-state index < -0.39 is 5.41 Å². The molecule has 0 fully saturated rings. The molecule has 0 spiro atoms. The van der Waals surface area contributed by atoms with Crippen molar-refractivity contribution in [1.82, 2.24) is 9.97 Å². The minimum Gasteiger partial charge on any atom is -0.383 e. The van der Waals surface area contributed by atoms with E-state index in [1.54, 1.807) is 0 Å². The minimum absolute atomic E-state index is 0.398. The molecule has 2 N–H and O–H groups in total. The molecule has 0 saturated carbocycles. The van der Waals surface area contributed by atoms with Crippen molar-refractivity contribution in [2.45, 2.75) is 12.0 Å². The van der Waals surface area contributed by atoms with E-state index in [0.29, 0.717) is 18.2 Å². The van der Waals surface area contributed by atoms with Gasteiger partial charge in [0.2, 0.25) is 0 Å². The van der Waals surface area contributed by atoms with Gasteiger partial charge in [-0.15, -0.1) is 0 Å². The molecule has 2 heterocycles. The van der Waals surface area contributed by atoms with Gasteiger partial charge in [0.25, 0.3) is 0 Å². The van der Waals surface area contributed by atoms with Crippen LogP contribution in [0.3, 0.4) is 0 Å². The summed E-state index contributed by atoms with van der Waals surface area (Å²) in [7, 11) is 0. The zero-order valence-electron chi connectivity index (χ0n) is 33.4. The summed E-state index contributed by atoms with van der Waals surface area (Å²) in [4.78, 5) is 20.0. The first-order valence-electron chi connectivity index (χ1n) is 20.5. The summed E-state index contributed by atoms with van der Waals surface area (Å²) in [5.74, 6) is 0.988. The average Bonchev–Trinajstić information content (AvgIpc) is 3.65. The lowest BCUT2D eigenvalue weighted by Crippen LogP contribution is -2.29. The zero-order chi connectivity index (χ0) is 41.0. The summed E-state index contributed by atoms with van der Waals surface area (Å²) in [5.41, 5.74) is 21.9. The average molecular weight is 784 g/mol. The molecule has 7 aromatic carbocycles. The molecule has 0 saturated heterocycles. The Kier molecular flexibility index (Phi) is 9.97. The Morgan fingerprint density at radius 2 is 1.02 bits per heavy atom. The van der Waals surface area contributed by atoms with Crippen LogP contribution in [0.4, 0.5) is 0 Å². The molecule has 0 amide bonds. The molecule has 9 aromatic rings. The van der Waals surface area contributed by atoms with Gasteiger partial charge in [-0.3, -0.25) is 9.98 Å². The largest absolute Gasteiger partial charge is 0.383 e. The normalized spacial score (nSPS) is 14.6. The van der Waals surface area contributed by atoms with E-state index in [4.69, 9.17) is 25.7 Å². The second-order valence-corrected chi connectivity index (χ2v) is 15.2. The fourth-order valence-corrected chi connectivity index (χ4v) is 8.59. The molecule has 1 atom stereocenters. The Morgan fingerprint density at radius 3 is 1.69 bits per heavy atom. The van der Waals surface area contributed by atoms with E-state index in [-0.39, 0.29) is 0 Å². The Hall–Kier alpha value is -8.02. The summed E-state index contributed by atoms with van der Waals surface area (Å²) >= 11 is 0. The number of nitrogens with zero attached hydrogens (tertiary/aromatic N) is 4. The lowest BCUT2D eigenvalue weighted by Gasteiger charge is -2.33. The maximum Gasteiger partial charge on any atom is 0.157 e. The molecule has 1 unspecified atom stereocenters. The smallest absolute Gasteiger partial charge is 0.157 e. The maximum absolute atomic E-state index is 6.82. The first-order chi connectivity index (χ1) is 30.1. The molecule has 1 aliphatic carbocycles. The second-order valence-electron chi connectivity index (χ2n) is 15.2. The fraction of sp³-hybridized carbons (Fsp3) is 0.0357. The predicted molar refractivity (Wildman–Crippen MR) is 249 cm³/mol. The molecule has 10 rings (SSSR count). The molecule has 290 valence electrons. The van der Waals surface area contributed by atoms with Gasteiger partial charge in [0.05, 0.1) is 29.0 Å². The lowest BCUT2D eigenvalue weighted by molar-refractivity contribution is 0.766. The number of aliphatic imine (C=N–C) groups is 2. The van der Waals surface area contributed by atoms with Gasteiger partial charge in [0.1, 0.15) is 5.84 Å². The quantitative estimate of drug-likeness (QED) is 0.117. The van der Waals surface area contributed by atoms with E-state index in [2.05, 4.69) is 152 Å². The van der Waals surface area contributed by atoms with Gasteiger partial charge in [-0.25, -0.2) is 9.98 Å². The SMILES string of the molecule is NC(=NC(=NCc1ccccc1)c1ccccc1)c1ccc(C2(c3ccc(-c4cc(-c5ccccc5)cc(-c5ccccc5)n4)cc3)c3ccccc3-c3ncccc32)cc1. The van der Waals surface area contributed by atoms with Crippen LogP contribution >= 0.6 is 0 Å². The molecule has 1 aliphatic rings. The highest BCUT2D eigenvalue weighted by Crippen LogP contribution is 2.55. The molecule has 0 radical (unpaired) electrons. The van der Waals surface area contributed by atoms with E-state index in [1.807, 2.05) is 72.9 Å². The van der Waals surface area contributed by atoms with Gasteiger partial charge in [-0.05, 0) is 57.1 Å². The van der Waals surface area contributed by atoms with Gasteiger partial charge >= 0.3 is 0 Å². The Balaban J connectivity index is 1.07. The highest BCUT2D eigenvalue weighted by atomic mass is 15.0. The number of benzene rings is 7. The first kappa shape index (κ1) is 37.3. The highest BCUT2D eigenvalue weighted by molar-refractivity contribution is 6.11. The third-order valence-electron chi connectivity index (χ3n) is 11.5. The number of fused-ring (bicyclic) bond motifs is 3. The van der Waals surface area contributed by atoms with Crippen LogP contribution in [-0.2, 0) is 12.0 Å². The summed E-state index contributed by atoms with van der Waals surface area (Å²) in [5, 5.41) is 0. The molecular weight excluding hydrogens is 743 g/mol. The van der Waals surface area contributed by atoms with Crippen molar-refractivity contribution in [2.24, 2.45) is 15.7 Å². The van der Waals surface area contributed by atoms with Crippen molar-refractivity contribution in [3.63, 3.8) is 0 Å². The summed E-state index contributed by atoms with van der Waals surface area (Å²) in [6.07, 6.45) is 1.88. The van der Waals surface area contributed by atoms with Crippen molar-refractivity contribution >= 4 is 11.7 Å². The van der Waals surface area contributed by atoms with Crippen molar-refractivity contribution in [3.05, 3.63) is 264 Å². The Labute approximate surface area is 356 Å². The molecular formula is C56H41N5. The van der Waals surface area contributed by atoms with Crippen molar-refractivity contribution in [1.29, 1.82) is 0 Å². The third kappa shape index (κ3) is 7.13. The number of amidine groups is 2. The summed E-state index contributed by atoms with van der Waals surface area (Å²) in [6.45, 7) is 0.498. The molecule has 61 heavy (non-hydrogen) atoms. The zero-order valence-corrected chi connectivity index (χ0v) is 33.4. The fourth-order valence-electron chi connectivity index (χ4n) is 8.59. The number of nitrogens with two attached hydrogens (primary N) is 1. The van der Waals surface area contributed by atoms with E-state index in [9.17, 15) is 0 Å². The first-order valence-corrected chi connectivity index (χ1v) is 20.5. The number of rotatable bonds is 9.